The molecule has 4 aromatic carbocycles. The highest BCUT2D eigenvalue weighted by molar-refractivity contribution is 5.98. The molecule has 0 heterocycles. The number of hydrogen-bond acceptors (Lipinski definition) is 6. The number of ether oxygens (including phenoxy) is 2. The van der Waals surface area contributed by atoms with Crippen molar-refractivity contribution in [1.82, 2.24) is 5.32 Å². The molecule has 0 radical (unpaired) electrons. The van der Waals surface area contributed by atoms with Crippen LogP contribution in [0.15, 0.2) is 91.0 Å². The number of ketones is 1. The first-order valence-electron chi connectivity index (χ1n) is 16.6. The van der Waals surface area contributed by atoms with Crippen molar-refractivity contribution >= 4 is 29.3 Å². The third-order valence-electron chi connectivity index (χ3n) is 8.07. The molecule has 9 heteroatoms. The fraction of sp³-hybridized carbons (Fsp3) is 0.300. The number of hydrogen-bond donors (Lipinski definition) is 2. The van der Waals surface area contributed by atoms with E-state index in [0.29, 0.717) is 40.5 Å². The highest BCUT2D eigenvalue weighted by atomic mass is 19.1. The lowest BCUT2D eigenvalue weighted by molar-refractivity contribution is -0.119. The molecule has 0 bridgehead atoms. The second-order valence-electron chi connectivity index (χ2n) is 12.0. The lowest BCUT2D eigenvalue weighted by Gasteiger charge is -2.17. The van der Waals surface area contributed by atoms with Gasteiger partial charge >= 0.3 is 5.97 Å². The van der Waals surface area contributed by atoms with Crippen LogP contribution in [-0.2, 0) is 22.4 Å². The van der Waals surface area contributed by atoms with Gasteiger partial charge in [-0.3, -0.25) is 14.4 Å². The second kappa shape index (κ2) is 18.3. The van der Waals surface area contributed by atoms with Gasteiger partial charge in [0.2, 0.25) is 5.91 Å². The fourth-order valence-corrected chi connectivity index (χ4v) is 5.13. The lowest BCUT2D eigenvalue weighted by Crippen LogP contribution is -2.41. The summed E-state index contributed by atoms with van der Waals surface area (Å²) >= 11 is 0. The Labute approximate surface area is 287 Å². The van der Waals surface area contributed by atoms with Crippen LogP contribution in [-0.4, -0.2) is 36.2 Å². The smallest absolute Gasteiger partial charge is 0.343 e. The Hall–Kier alpha value is -5.31. The molecule has 0 aromatic heterocycles. The molecular formula is C40H43FN2O6. The van der Waals surface area contributed by atoms with E-state index in [2.05, 4.69) is 17.6 Å². The van der Waals surface area contributed by atoms with Crippen molar-refractivity contribution in [1.29, 1.82) is 0 Å². The first-order chi connectivity index (χ1) is 23.6. The van der Waals surface area contributed by atoms with Gasteiger partial charge < -0.3 is 20.1 Å². The molecule has 0 saturated heterocycles. The molecule has 0 aliphatic heterocycles. The van der Waals surface area contributed by atoms with Crippen molar-refractivity contribution < 1.29 is 33.0 Å². The molecule has 0 aliphatic rings. The summed E-state index contributed by atoms with van der Waals surface area (Å²) in [4.78, 5) is 50.6. The minimum atomic E-state index is -0.785. The van der Waals surface area contributed by atoms with Crippen molar-refractivity contribution in [3.63, 3.8) is 0 Å². The minimum Gasteiger partial charge on any atom is -0.494 e. The number of esters is 1. The molecular weight excluding hydrogens is 623 g/mol. The Bertz CT molecular complexity index is 1720. The summed E-state index contributed by atoms with van der Waals surface area (Å²) < 4.78 is 24.9. The van der Waals surface area contributed by atoms with Gasteiger partial charge in [-0.15, -0.1) is 0 Å². The number of carbonyl (C=O) groups is 4. The Morgan fingerprint density at radius 3 is 2.10 bits per heavy atom. The number of anilines is 1. The number of halogens is 1. The molecule has 1 atom stereocenters. The summed E-state index contributed by atoms with van der Waals surface area (Å²) in [5.74, 6) is -0.823. The lowest BCUT2D eigenvalue weighted by atomic mass is 10.0. The summed E-state index contributed by atoms with van der Waals surface area (Å²) in [5, 5.41) is 5.53. The van der Waals surface area contributed by atoms with Crippen molar-refractivity contribution in [2.24, 2.45) is 0 Å². The van der Waals surface area contributed by atoms with Crippen LogP contribution in [0.4, 0.5) is 10.1 Å². The second-order valence-corrected chi connectivity index (χ2v) is 12.0. The van der Waals surface area contributed by atoms with Gasteiger partial charge in [-0.05, 0) is 116 Å². The van der Waals surface area contributed by atoms with Gasteiger partial charge in [-0.2, -0.15) is 0 Å². The molecule has 49 heavy (non-hydrogen) atoms. The van der Waals surface area contributed by atoms with Crippen molar-refractivity contribution in [3.8, 4) is 11.5 Å². The normalized spacial score (nSPS) is 11.3. The largest absolute Gasteiger partial charge is 0.494 e. The maximum Gasteiger partial charge on any atom is 0.343 e. The highest BCUT2D eigenvalue weighted by Crippen LogP contribution is 2.19. The Morgan fingerprint density at radius 1 is 0.776 bits per heavy atom. The van der Waals surface area contributed by atoms with Gasteiger partial charge in [0.25, 0.3) is 5.91 Å². The average molecular weight is 667 g/mol. The van der Waals surface area contributed by atoms with Crippen molar-refractivity contribution in [2.75, 3.05) is 11.9 Å². The zero-order valence-electron chi connectivity index (χ0n) is 28.2. The summed E-state index contributed by atoms with van der Waals surface area (Å²) in [6.07, 6.45) is 6.04. The van der Waals surface area contributed by atoms with Crippen LogP contribution in [0.5, 0.6) is 11.5 Å². The van der Waals surface area contributed by atoms with E-state index in [0.717, 1.165) is 24.0 Å². The minimum absolute atomic E-state index is 0.0125. The standard InChI is InChI=1S/C40H43FN2O6/c1-4-5-6-7-8-23-48-35-21-14-31(15-22-35)40(47)49-36-19-10-29(11-20-36)24-37(28(3)44)43-39(46)30-12-17-34(18-13-30)42-38(45)26-32-25-33(41)16-9-27(32)2/h9-22,25,37H,4-8,23-24,26H2,1-3H3,(H,42,45)(H,43,46)/t37-/m0/s1. The molecule has 0 aliphatic carbocycles. The van der Waals surface area contributed by atoms with Gasteiger partial charge in [0, 0.05) is 11.3 Å². The molecule has 0 spiro atoms. The molecule has 8 nitrogen and oxygen atoms in total. The van der Waals surface area contributed by atoms with Crippen molar-refractivity contribution in [2.45, 2.75) is 71.8 Å². The van der Waals surface area contributed by atoms with Gasteiger partial charge in [-0.1, -0.05) is 50.8 Å². The van der Waals surface area contributed by atoms with Gasteiger partial charge in [0.15, 0.2) is 5.78 Å². The first kappa shape index (κ1) is 36.5. The Morgan fingerprint density at radius 2 is 1.43 bits per heavy atom. The third kappa shape index (κ3) is 11.7. The number of unbranched alkanes of at least 4 members (excludes halogenated alkanes) is 4. The molecule has 2 N–H and O–H groups in total. The van der Waals surface area contributed by atoms with E-state index >= 15 is 0 Å². The van der Waals surface area contributed by atoms with E-state index in [-0.39, 0.29) is 24.5 Å². The fourth-order valence-electron chi connectivity index (χ4n) is 5.13. The van der Waals surface area contributed by atoms with Crippen molar-refractivity contribution in [3.05, 3.63) is 125 Å². The summed E-state index contributed by atoms with van der Waals surface area (Å²) in [7, 11) is 0. The quantitative estimate of drug-likeness (QED) is 0.0676. The van der Waals surface area contributed by atoms with Crippen LogP contribution in [0.2, 0.25) is 0 Å². The number of carbonyl (C=O) groups excluding carboxylic acids is 4. The number of rotatable bonds is 17. The molecule has 2 amide bonds. The van der Waals surface area contributed by atoms with Crippen LogP contribution < -0.4 is 20.1 Å². The van der Waals surface area contributed by atoms with Crippen LogP contribution >= 0.6 is 0 Å². The molecule has 256 valence electrons. The van der Waals surface area contributed by atoms with E-state index < -0.39 is 23.7 Å². The number of benzene rings is 4. The summed E-state index contributed by atoms with van der Waals surface area (Å²) in [6, 6.07) is 23.4. The van der Waals surface area contributed by atoms with E-state index in [1.807, 2.05) is 6.92 Å². The molecule has 0 unspecified atom stereocenters. The number of amides is 2. The molecule has 0 saturated carbocycles. The first-order valence-corrected chi connectivity index (χ1v) is 16.6. The zero-order chi connectivity index (χ0) is 35.2. The highest BCUT2D eigenvalue weighted by Gasteiger charge is 2.19. The Balaban J connectivity index is 1.25. The van der Waals surface area contributed by atoms with Gasteiger partial charge in [0.1, 0.15) is 17.3 Å². The molecule has 0 fully saturated rings. The number of aryl methyl sites for hydroxylation is 1. The molecule has 4 aromatic rings. The van der Waals surface area contributed by atoms with Gasteiger partial charge in [0.05, 0.1) is 24.6 Å². The van der Waals surface area contributed by atoms with Crippen LogP contribution in [0.1, 0.15) is 83.4 Å². The SMILES string of the molecule is CCCCCCCOc1ccc(C(=O)Oc2ccc(C[C@H](NC(=O)c3ccc(NC(=O)Cc4cc(F)ccc4C)cc3)C(C)=O)cc2)cc1. The monoisotopic (exact) mass is 666 g/mol. The predicted octanol–water partition coefficient (Wildman–Crippen LogP) is 7.81. The number of Topliss-reactive ketones (excluding diaryl/α,β-unsaturated/α-hetero) is 1. The zero-order valence-corrected chi connectivity index (χ0v) is 28.2. The van der Waals surface area contributed by atoms with E-state index in [1.54, 1.807) is 78.9 Å². The topological polar surface area (TPSA) is 111 Å². The maximum atomic E-state index is 13.6. The van der Waals surface area contributed by atoms with E-state index in [9.17, 15) is 23.6 Å². The Kier molecular flexibility index (Phi) is 13.6. The van der Waals surface area contributed by atoms with Crippen LogP contribution in [0.3, 0.4) is 0 Å². The van der Waals surface area contributed by atoms with E-state index in [1.165, 1.54) is 38.3 Å². The van der Waals surface area contributed by atoms with Gasteiger partial charge in [-0.25, -0.2) is 9.18 Å². The number of nitrogens with one attached hydrogen (secondary N) is 2. The van der Waals surface area contributed by atoms with Crippen LogP contribution in [0.25, 0.3) is 0 Å². The van der Waals surface area contributed by atoms with Crippen LogP contribution in [0, 0.1) is 12.7 Å². The average Bonchev–Trinajstić information content (AvgIpc) is 3.09. The summed E-state index contributed by atoms with van der Waals surface area (Å²) in [5.41, 5.74) is 3.36. The summed E-state index contributed by atoms with van der Waals surface area (Å²) in [6.45, 7) is 6.04. The predicted molar refractivity (Wildman–Crippen MR) is 188 cm³/mol. The van der Waals surface area contributed by atoms with E-state index in [4.69, 9.17) is 9.47 Å². The maximum absolute atomic E-state index is 13.6. The molecule has 4 rings (SSSR count). The third-order valence-corrected chi connectivity index (χ3v) is 8.07.